The Kier molecular flexibility index (Phi) is 8.56. The zero-order valence-electron chi connectivity index (χ0n) is 16.8. The smallest absolute Gasteiger partial charge is 0.254 e. The number of methoxy groups -OCH3 is 1. The minimum atomic E-state index is -0.764. The highest BCUT2D eigenvalue weighted by Crippen LogP contribution is 2.12. The van der Waals surface area contributed by atoms with Gasteiger partial charge in [-0.05, 0) is 42.8 Å². The second kappa shape index (κ2) is 11.4. The van der Waals surface area contributed by atoms with Crippen molar-refractivity contribution in [2.24, 2.45) is 0 Å². The summed E-state index contributed by atoms with van der Waals surface area (Å²) in [5.41, 5.74) is 0.752. The number of benzene rings is 2. The van der Waals surface area contributed by atoms with Crippen molar-refractivity contribution >= 4 is 23.8 Å². The number of carbonyl (C=O) groups excluding carboxylic acids is 3. The van der Waals surface area contributed by atoms with Crippen LogP contribution in [0.15, 0.2) is 54.6 Å². The summed E-state index contributed by atoms with van der Waals surface area (Å²) in [5.74, 6) is -1.28. The van der Waals surface area contributed by atoms with Crippen LogP contribution in [0, 0.1) is 5.82 Å². The Morgan fingerprint density at radius 3 is 2.37 bits per heavy atom. The topological polar surface area (TPSA) is 96.5 Å². The Hall–Kier alpha value is -3.68. The predicted molar refractivity (Wildman–Crippen MR) is 111 cm³/mol. The molecule has 2 rings (SSSR count). The van der Waals surface area contributed by atoms with E-state index in [-0.39, 0.29) is 18.7 Å². The molecule has 1 atom stereocenters. The van der Waals surface area contributed by atoms with Crippen molar-refractivity contribution in [3.8, 4) is 5.75 Å². The number of amides is 3. The third-order valence-electron chi connectivity index (χ3n) is 4.12. The molecule has 0 aliphatic rings. The quantitative estimate of drug-likeness (QED) is 0.432. The first kappa shape index (κ1) is 22.6. The normalized spacial score (nSPS) is 11.6. The van der Waals surface area contributed by atoms with Crippen LogP contribution in [0.1, 0.15) is 22.8 Å². The Bertz CT molecular complexity index is 913. The molecule has 2 aromatic rings. The summed E-state index contributed by atoms with van der Waals surface area (Å²) in [7, 11) is 1.57. The van der Waals surface area contributed by atoms with Gasteiger partial charge in [-0.2, -0.15) is 0 Å². The summed E-state index contributed by atoms with van der Waals surface area (Å²) in [5, 5.41) is 7.67. The van der Waals surface area contributed by atoms with Crippen LogP contribution in [-0.4, -0.2) is 44.0 Å². The first-order valence-electron chi connectivity index (χ1n) is 9.33. The largest absolute Gasteiger partial charge is 0.497 e. The highest BCUT2D eigenvalue weighted by atomic mass is 19.1. The molecular formula is C22H24FN3O4. The maximum atomic E-state index is 13.5. The van der Waals surface area contributed by atoms with Gasteiger partial charge in [0, 0.05) is 19.2 Å². The molecule has 2 aromatic carbocycles. The van der Waals surface area contributed by atoms with Crippen molar-refractivity contribution in [1.82, 2.24) is 16.0 Å². The SMILES string of the molecule is COc1ccc(C=CC(=O)NC(C)C(=O)NCCNC(=O)c2ccccc2F)cc1. The highest BCUT2D eigenvalue weighted by molar-refractivity contribution is 5.95. The summed E-state index contributed by atoms with van der Waals surface area (Å²) < 4.78 is 18.6. The molecule has 30 heavy (non-hydrogen) atoms. The van der Waals surface area contributed by atoms with E-state index in [1.807, 2.05) is 0 Å². The van der Waals surface area contributed by atoms with E-state index < -0.39 is 29.6 Å². The van der Waals surface area contributed by atoms with Crippen molar-refractivity contribution in [2.75, 3.05) is 20.2 Å². The van der Waals surface area contributed by atoms with E-state index in [1.54, 1.807) is 50.4 Å². The third kappa shape index (κ3) is 7.05. The molecule has 0 fully saturated rings. The Balaban J connectivity index is 1.70. The van der Waals surface area contributed by atoms with Gasteiger partial charge in [0.25, 0.3) is 5.91 Å². The second-order valence-corrected chi connectivity index (χ2v) is 6.36. The summed E-state index contributed by atoms with van der Waals surface area (Å²) in [6.45, 7) is 1.81. The molecule has 0 radical (unpaired) electrons. The number of hydrogen-bond donors (Lipinski definition) is 3. The van der Waals surface area contributed by atoms with Gasteiger partial charge in [0.05, 0.1) is 12.7 Å². The van der Waals surface area contributed by atoms with Gasteiger partial charge in [-0.1, -0.05) is 24.3 Å². The first-order chi connectivity index (χ1) is 14.4. The monoisotopic (exact) mass is 413 g/mol. The van der Waals surface area contributed by atoms with Gasteiger partial charge in [-0.3, -0.25) is 14.4 Å². The maximum Gasteiger partial charge on any atom is 0.254 e. The second-order valence-electron chi connectivity index (χ2n) is 6.36. The number of halogens is 1. The van der Waals surface area contributed by atoms with Gasteiger partial charge in [-0.25, -0.2) is 4.39 Å². The van der Waals surface area contributed by atoms with Crippen molar-refractivity contribution < 1.29 is 23.5 Å². The number of carbonyl (C=O) groups is 3. The zero-order chi connectivity index (χ0) is 21.9. The van der Waals surface area contributed by atoms with E-state index in [0.717, 1.165) is 5.56 Å². The summed E-state index contributed by atoms with van der Waals surface area (Å²) >= 11 is 0. The van der Waals surface area contributed by atoms with Crippen LogP contribution in [0.4, 0.5) is 4.39 Å². The fraction of sp³-hybridized carbons (Fsp3) is 0.227. The molecule has 0 heterocycles. The molecule has 3 N–H and O–H groups in total. The lowest BCUT2D eigenvalue weighted by molar-refractivity contribution is -0.126. The molecule has 0 aromatic heterocycles. The molecule has 1 unspecified atom stereocenters. The molecule has 8 heteroatoms. The number of rotatable bonds is 9. The van der Waals surface area contributed by atoms with Gasteiger partial charge in [0.2, 0.25) is 11.8 Å². The molecule has 0 bridgehead atoms. The van der Waals surface area contributed by atoms with E-state index in [0.29, 0.717) is 5.75 Å². The van der Waals surface area contributed by atoms with Crippen molar-refractivity contribution in [3.05, 3.63) is 71.6 Å². The molecular weight excluding hydrogens is 389 g/mol. The van der Waals surface area contributed by atoms with Crippen molar-refractivity contribution in [2.45, 2.75) is 13.0 Å². The van der Waals surface area contributed by atoms with Gasteiger partial charge in [0.1, 0.15) is 17.6 Å². The number of ether oxygens (including phenoxy) is 1. The fourth-order valence-corrected chi connectivity index (χ4v) is 2.47. The van der Waals surface area contributed by atoms with Crippen LogP contribution in [0.25, 0.3) is 6.08 Å². The Morgan fingerprint density at radius 1 is 1.03 bits per heavy atom. The number of hydrogen-bond acceptors (Lipinski definition) is 4. The summed E-state index contributed by atoms with van der Waals surface area (Å²) in [6, 6.07) is 12.0. The van der Waals surface area contributed by atoms with Gasteiger partial charge < -0.3 is 20.7 Å². The van der Waals surface area contributed by atoms with Crippen LogP contribution in [0.3, 0.4) is 0 Å². The lowest BCUT2D eigenvalue weighted by atomic mass is 10.2. The molecule has 0 spiro atoms. The Morgan fingerprint density at radius 2 is 1.70 bits per heavy atom. The summed E-state index contributed by atoms with van der Waals surface area (Å²) in [6.07, 6.45) is 2.96. The molecule has 0 saturated heterocycles. The minimum absolute atomic E-state index is 0.0619. The molecule has 0 saturated carbocycles. The third-order valence-corrected chi connectivity index (χ3v) is 4.12. The van der Waals surface area contributed by atoms with Crippen LogP contribution in [-0.2, 0) is 9.59 Å². The predicted octanol–water partition coefficient (Wildman–Crippen LogP) is 1.90. The van der Waals surface area contributed by atoms with Crippen molar-refractivity contribution in [1.29, 1.82) is 0 Å². The molecule has 158 valence electrons. The van der Waals surface area contributed by atoms with E-state index in [1.165, 1.54) is 24.3 Å². The van der Waals surface area contributed by atoms with E-state index in [4.69, 9.17) is 4.74 Å². The van der Waals surface area contributed by atoms with Crippen molar-refractivity contribution in [3.63, 3.8) is 0 Å². The van der Waals surface area contributed by atoms with E-state index in [9.17, 15) is 18.8 Å². The lowest BCUT2D eigenvalue weighted by Gasteiger charge is -2.13. The molecule has 3 amide bonds. The Labute approximate surface area is 174 Å². The standard InChI is InChI=1S/C22H24FN3O4/c1-15(26-20(27)12-9-16-7-10-17(30-2)11-8-16)21(28)24-13-14-25-22(29)18-5-3-4-6-19(18)23/h3-12,15H,13-14H2,1-2H3,(H,24,28)(H,25,29)(H,26,27). The zero-order valence-corrected chi connectivity index (χ0v) is 16.8. The van der Waals surface area contributed by atoms with E-state index in [2.05, 4.69) is 16.0 Å². The average Bonchev–Trinajstić information content (AvgIpc) is 2.75. The van der Waals surface area contributed by atoms with Gasteiger partial charge in [-0.15, -0.1) is 0 Å². The fourth-order valence-electron chi connectivity index (χ4n) is 2.47. The first-order valence-corrected chi connectivity index (χ1v) is 9.33. The van der Waals surface area contributed by atoms with E-state index >= 15 is 0 Å². The number of nitrogens with one attached hydrogen (secondary N) is 3. The van der Waals surface area contributed by atoms with Crippen LogP contribution in [0.5, 0.6) is 5.75 Å². The average molecular weight is 413 g/mol. The van der Waals surface area contributed by atoms with Crippen LogP contribution >= 0.6 is 0 Å². The molecule has 7 nitrogen and oxygen atoms in total. The lowest BCUT2D eigenvalue weighted by Crippen LogP contribution is -2.46. The highest BCUT2D eigenvalue weighted by Gasteiger charge is 2.14. The molecule has 0 aliphatic heterocycles. The minimum Gasteiger partial charge on any atom is -0.497 e. The maximum absolute atomic E-state index is 13.5. The summed E-state index contributed by atoms with van der Waals surface area (Å²) in [4.78, 5) is 35.9. The molecule has 0 aliphatic carbocycles. The van der Waals surface area contributed by atoms with Gasteiger partial charge in [0.15, 0.2) is 0 Å². The van der Waals surface area contributed by atoms with Crippen LogP contribution < -0.4 is 20.7 Å². The van der Waals surface area contributed by atoms with Gasteiger partial charge >= 0.3 is 0 Å². The van der Waals surface area contributed by atoms with Crippen LogP contribution in [0.2, 0.25) is 0 Å².